The summed E-state index contributed by atoms with van der Waals surface area (Å²) in [7, 11) is 0. The minimum atomic E-state index is 0.483. The van der Waals surface area contributed by atoms with Crippen LogP contribution in [0.15, 0.2) is 60.2 Å². The second-order valence-electron chi connectivity index (χ2n) is 3.94. The molecule has 0 spiro atoms. The van der Waals surface area contributed by atoms with Gasteiger partial charge in [0.05, 0.1) is 6.21 Å². The molecule has 2 rings (SSSR count). The third-order valence-electron chi connectivity index (χ3n) is 2.60. The van der Waals surface area contributed by atoms with Crippen LogP contribution in [-0.2, 0) is 0 Å². The number of hydrogen-bond acceptors (Lipinski definition) is 2. The van der Waals surface area contributed by atoms with Crippen molar-refractivity contribution in [2.75, 3.05) is 6.54 Å². The largest absolute Gasteiger partial charge is 0.358 e. The molecule has 0 amide bonds. The van der Waals surface area contributed by atoms with Crippen molar-refractivity contribution in [3.8, 4) is 0 Å². The van der Waals surface area contributed by atoms with Crippen LogP contribution in [0.1, 0.15) is 5.56 Å². The summed E-state index contributed by atoms with van der Waals surface area (Å²) in [6.45, 7) is 4.23. The van der Waals surface area contributed by atoms with E-state index < -0.39 is 0 Å². The summed E-state index contributed by atoms with van der Waals surface area (Å²) in [6, 6.07) is 14.3. The Bertz CT molecular complexity index is 614. The van der Waals surface area contributed by atoms with Crippen molar-refractivity contribution in [1.29, 1.82) is 0 Å². The van der Waals surface area contributed by atoms with Crippen molar-refractivity contribution < 1.29 is 0 Å². The van der Waals surface area contributed by atoms with E-state index in [1.165, 1.54) is 10.8 Å². The van der Waals surface area contributed by atoms with Crippen LogP contribution in [0.25, 0.3) is 10.8 Å². The van der Waals surface area contributed by atoms with Gasteiger partial charge in [-0.15, -0.1) is 6.58 Å². The van der Waals surface area contributed by atoms with E-state index in [9.17, 15) is 0 Å². The highest BCUT2D eigenvalue weighted by molar-refractivity contribution is 7.80. The Balaban J connectivity index is 2.09. The highest BCUT2D eigenvalue weighted by Crippen LogP contribution is 2.16. The number of fused-ring (bicyclic) bond motifs is 1. The molecule has 96 valence electrons. The van der Waals surface area contributed by atoms with Crippen molar-refractivity contribution in [3.05, 3.63) is 60.7 Å². The summed E-state index contributed by atoms with van der Waals surface area (Å²) < 4.78 is 0. The van der Waals surface area contributed by atoms with E-state index in [2.05, 4.69) is 40.6 Å². The molecule has 0 saturated heterocycles. The molecule has 3 nitrogen and oxygen atoms in total. The zero-order valence-corrected chi connectivity index (χ0v) is 11.3. The maximum absolute atomic E-state index is 5.05. The first kappa shape index (κ1) is 13.2. The predicted molar refractivity (Wildman–Crippen MR) is 85.5 cm³/mol. The molecule has 0 aromatic heterocycles. The third-order valence-corrected chi connectivity index (χ3v) is 2.84. The normalized spacial score (nSPS) is 10.5. The summed E-state index contributed by atoms with van der Waals surface area (Å²) in [4.78, 5) is 0. The van der Waals surface area contributed by atoms with Crippen LogP contribution in [0.2, 0.25) is 0 Å². The molecule has 0 heterocycles. The van der Waals surface area contributed by atoms with Crippen LogP contribution >= 0.6 is 12.2 Å². The Labute approximate surface area is 118 Å². The Kier molecular flexibility index (Phi) is 4.64. The lowest BCUT2D eigenvalue weighted by Gasteiger charge is -2.04. The molecule has 0 atom stereocenters. The average molecular weight is 269 g/mol. The maximum Gasteiger partial charge on any atom is 0.187 e. The van der Waals surface area contributed by atoms with E-state index in [1.54, 1.807) is 12.3 Å². The highest BCUT2D eigenvalue weighted by Gasteiger charge is 1.96. The van der Waals surface area contributed by atoms with Crippen molar-refractivity contribution >= 4 is 34.3 Å². The molecule has 0 radical (unpaired) electrons. The fourth-order valence-corrected chi connectivity index (χ4v) is 1.86. The van der Waals surface area contributed by atoms with E-state index >= 15 is 0 Å². The van der Waals surface area contributed by atoms with Crippen LogP contribution in [-0.4, -0.2) is 17.9 Å². The van der Waals surface area contributed by atoms with Gasteiger partial charge in [-0.2, -0.15) is 5.10 Å². The van der Waals surface area contributed by atoms with Gasteiger partial charge in [-0.3, -0.25) is 5.43 Å². The molecular formula is C15H15N3S. The quantitative estimate of drug-likeness (QED) is 0.388. The first-order valence-electron chi connectivity index (χ1n) is 5.97. The number of hydrogen-bond donors (Lipinski definition) is 2. The number of nitrogens with one attached hydrogen (secondary N) is 2. The molecule has 0 bridgehead atoms. The van der Waals surface area contributed by atoms with Gasteiger partial charge in [-0.05, 0) is 23.0 Å². The van der Waals surface area contributed by atoms with Gasteiger partial charge in [0.1, 0.15) is 0 Å². The van der Waals surface area contributed by atoms with E-state index in [4.69, 9.17) is 12.2 Å². The minimum absolute atomic E-state index is 0.483. The van der Waals surface area contributed by atoms with Crippen molar-refractivity contribution in [2.45, 2.75) is 0 Å². The van der Waals surface area contributed by atoms with Gasteiger partial charge in [0.25, 0.3) is 0 Å². The summed E-state index contributed by atoms with van der Waals surface area (Å²) in [5, 5.41) is 9.92. The Morgan fingerprint density at radius 2 is 2.00 bits per heavy atom. The standard InChI is InChI=1S/C15H15N3S/c1-2-10-16-15(19)18-17-11-13-8-5-7-12-6-3-4-9-14(12)13/h2-9,11H,1,10H2,(H2,16,18,19). The number of thiocarbonyl (C=S) groups is 1. The Morgan fingerprint density at radius 3 is 2.84 bits per heavy atom. The molecule has 4 heteroatoms. The lowest BCUT2D eigenvalue weighted by molar-refractivity contribution is 0.942. The molecule has 0 aliphatic heterocycles. The Morgan fingerprint density at radius 1 is 1.21 bits per heavy atom. The number of benzene rings is 2. The van der Waals surface area contributed by atoms with E-state index in [0.717, 1.165) is 5.56 Å². The van der Waals surface area contributed by atoms with Crippen LogP contribution in [0.3, 0.4) is 0 Å². The second-order valence-corrected chi connectivity index (χ2v) is 4.35. The average Bonchev–Trinajstić information content (AvgIpc) is 2.45. The fourth-order valence-electron chi connectivity index (χ4n) is 1.73. The van der Waals surface area contributed by atoms with Crippen LogP contribution in [0, 0.1) is 0 Å². The highest BCUT2D eigenvalue weighted by atomic mass is 32.1. The second kappa shape index (κ2) is 6.66. The molecule has 0 unspecified atom stereocenters. The molecule has 2 aromatic carbocycles. The summed E-state index contributed by atoms with van der Waals surface area (Å²) in [5.41, 5.74) is 3.83. The summed E-state index contributed by atoms with van der Waals surface area (Å²) in [5.74, 6) is 0. The Hall–Kier alpha value is -2.20. The van der Waals surface area contributed by atoms with Gasteiger partial charge < -0.3 is 5.32 Å². The van der Waals surface area contributed by atoms with Crippen molar-refractivity contribution in [2.24, 2.45) is 5.10 Å². The lowest BCUT2D eigenvalue weighted by Crippen LogP contribution is -2.31. The van der Waals surface area contributed by atoms with Gasteiger partial charge in [0.2, 0.25) is 0 Å². The predicted octanol–water partition coefficient (Wildman–Crippen LogP) is 2.82. The summed E-state index contributed by atoms with van der Waals surface area (Å²) >= 11 is 5.05. The molecule has 19 heavy (non-hydrogen) atoms. The topological polar surface area (TPSA) is 36.4 Å². The van der Waals surface area contributed by atoms with Gasteiger partial charge in [-0.1, -0.05) is 48.5 Å². The SMILES string of the molecule is C=CCNC(=S)NN=Cc1cccc2ccccc12. The molecule has 2 N–H and O–H groups in total. The van der Waals surface area contributed by atoms with E-state index in [0.29, 0.717) is 11.7 Å². The van der Waals surface area contributed by atoms with Gasteiger partial charge in [0.15, 0.2) is 5.11 Å². The molecule has 2 aromatic rings. The molecule has 0 saturated carbocycles. The van der Waals surface area contributed by atoms with Crippen LogP contribution in [0.4, 0.5) is 0 Å². The molecule has 0 aliphatic carbocycles. The molecule has 0 fully saturated rings. The summed E-state index contributed by atoms with van der Waals surface area (Å²) in [6.07, 6.45) is 3.51. The van der Waals surface area contributed by atoms with Crippen molar-refractivity contribution in [3.63, 3.8) is 0 Å². The monoisotopic (exact) mass is 269 g/mol. The van der Waals surface area contributed by atoms with Crippen molar-refractivity contribution in [1.82, 2.24) is 10.7 Å². The fraction of sp³-hybridized carbons (Fsp3) is 0.0667. The first-order valence-corrected chi connectivity index (χ1v) is 6.37. The zero-order valence-electron chi connectivity index (χ0n) is 10.5. The number of nitrogens with zero attached hydrogens (tertiary/aromatic N) is 1. The van der Waals surface area contributed by atoms with Crippen LogP contribution < -0.4 is 10.7 Å². The maximum atomic E-state index is 5.05. The lowest BCUT2D eigenvalue weighted by atomic mass is 10.1. The first-order chi connectivity index (χ1) is 9.31. The minimum Gasteiger partial charge on any atom is -0.358 e. The van der Waals surface area contributed by atoms with Gasteiger partial charge >= 0.3 is 0 Å². The molecular weight excluding hydrogens is 254 g/mol. The third kappa shape index (κ3) is 3.63. The number of hydrazone groups is 1. The van der Waals surface area contributed by atoms with Gasteiger partial charge in [0, 0.05) is 12.1 Å². The molecule has 0 aliphatic rings. The van der Waals surface area contributed by atoms with Crippen LogP contribution in [0.5, 0.6) is 0 Å². The van der Waals surface area contributed by atoms with E-state index in [1.807, 2.05) is 24.3 Å². The van der Waals surface area contributed by atoms with E-state index in [-0.39, 0.29) is 0 Å². The smallest absolute Gasteiger partial charge is 0.187 e. The zero-order chi connectivity index (χ0) is 13.5. The number of rotatable bonds is 4. The van der Waals surface area contributed by atoms with Gasteiger partial charge in [-0.25, -0.2) is 0 Å².